The minimum absolute atomic E-state index is 0.152. The van der Waals surface area contributed by atoms with E-state index in [4.69, 9.17) is 11.6 Å². The fraction of sp³-hybridized carbons (Fsp3) is 0.105. The summed E-state index contributed by atoms with van der Waals surface area (Å²) in [6.07, 6.45) is 3.40. The highest BCUT2D eigenvalue weighted by atomic mass is 35.5. The molecule has 1 fully saturated rings. The van der Waals surface area contributed by atoms with E-state index in [0.717, 1.165) is 11.3 Å². The smallest absolute Gasteiger partial charge is 0.262 e. The number of anilines is 1. The van der Waals surface area contributed by atoms with Gasteiger partial charge in [0.25, 0.3) is 11.8 Å². The number of β-lactam (4-membered cyclic amide) rings is 1. The van der Waals surface area contributed by atoms with Crippen LogP contribution in [0, 0.1) is 0 Å². The molecule has 2 unspecified atom stereocenters. The third-order valence-corrected chi connectivity index (χ3v) is 5.47. The number of hydrogen-bond donors (Lipinski definition) is 1. The first kappa shape index (κ1) is 16.8. The number of carbonyl (C=O) groups excluding carboxylic acids is 2. The number of pyridine rings is 1. The first-order valence-corrected chi connectivity index (χ1v) is 9.19. The van der Waals surface area contributed by atoms with Gasteiger partial charge in [0.2, 0.25) is 0 Å². The summed E-state index contributed by atoms with van der Waals surface area (Å²) in [6, 6.07) is 15.5. The van der Waals surface area contributed by atoms with Crippen molar-refractivity contribution in [2.24, 2.45) is 0 Å². The van der Waals surface area contributed by atoms with E-state index >= 15 is 0 Å². The first-order chi connectivity index (χ1) is 12.6. The maximum atomic E-state index is 12.8. The van der Waals surface area contributed by atoms with Crippen LogP contribution in [0.1, 0.15) is 21.3 Å². The van der Waals surface area contributed by atoms with Crippen LogP contribution in [0.5, 0.6) is 0 Å². The molecule has 26 heavy (non-hydrogen) atoms. The van der Waals surface area contributed by atoms with Gasteiger partial charge in [-0.05, 0) is 35.9 Å². The van der Waals surface area contributed by atoms with Gasteiger partial charge in [-0.15, -0.1) is 11.3 Å². The van der Waals surface area contributed by atoms with Gasteiger partial charge in [0.1, 0.15) is 6.04 Å². The van der Waals surface area contributed by atoms with E-state index < -0.39 is 6.04 Å². The topological polar surface area (TPSA) is 62.3 Å². The average molecular weight is 384 g/mol. The van der Waals surface area contributed by atoms with Crippen LogP contribution in [0.25, 0.3) is 0 Å². The summed E-state index contributed by atoms with van der Waals surface area (Å²) in [6.45, 7) is 0. The van der Waals surface area contributed by atoms with Crippen LogP contribution in [0.4, 0.5) is 5.69 Å². The zero-order valence-electron chi connectivity index (χ0n) is 13.5. The number of aromatic nitrogens is 1. The summed E-state index contributed by atoms with van der Waals surface area (Å²) in [7, 11) is 0. The van der Waals surface area contributed by atoms with Crippen LogP contribution in [0.3, 0.4) is 0 Å². The van der Waals surface area contributed by atoms with Crippen molar-refractivity contribution in [2.75, 3.05) is 4.90 Å². The lowest BCUT2D eigenvalue weighted by Crippen LogP contribution is -2.66. The minimum Gasteiger partial charge on any atom is -0.337 e. The Morgan fingerprint density at radius 1 is 1.12 bits per heavy atom. The molecule has 1 saturated heterocycles. The van der Waals surface area contributed by atoms with Crippen LogP contribution in [-0.2, 0) is 4.79 Å². The lowest BCUT2D eigenvalue weighted by molar-refractivity contribution is -0.127. The van der Waals surface area contributed by atoms with Crippen molar-refractivity contribution in [3.63, 3.8) is 0 Å². The van der Waals surface area contributed by atoms with Gasteiger partial charge in [0.15, 0.2) is 0 Å². The van der Waals surface area contributed by atoms with Gasteiger partial charge in [0, 0.05) is 18.1 Å². The van der Waals surface area contributed by atoms with E-state index in [9.17, 15) is 9.59 Å². The molecule has 1 aromatic carbocycles. The molecule has 2 amide bonds. The fourth-order valence-corrected chi connectivity index (χ4v) is 3.99. The SMILES string of the molecule is O=C(NC1C(=O)N(c2ccccc2)C1c1cccnc1)c1ccc(Cl)s1. The van der Waals surface area contributed by atoms with Gasteiger partial charge < -0.3 is 10.2 Å². The molecule has 4 rings (SSSR count). The number of nitrogens with zero attached hydrogens (tertiary/aromatic N) is 2. The Morgan fingerprint density at radius 3 is 2.58 bits per heavy atom. The zero-order chi connectivity index (χ0) is 18.1. The van der Waals surface area contributed by atoms with Gasteiger partial charge in [-0.2, -0.15) is 0 Å². The van der Waals surface area contributed by atoms with Crippen LogP contribution in [-0.4, -0.2) is 22.8 Å². The highest BCUT2D eigenvalue weighted by molar-refractivity contribution is 7.18. The van der Waals surface area contributed by atoms with Gasteiger partial charge in [-0.3, -0.25) is 14.6 Å². The second kappa shape index (κ2) is 6.90. The second-order valence-electron chi connectivity index (χ2n) is 5.83. The Balaban J connectivity index is 1.63. The number of hydrogen-bond acceptors (Lipinski definition) is 4. The summed E-state index contributed by atoms with van der Waals surface area (Å²) in [5.74, 6) is -0.456. The molecule has 130 valence electrons. The molecule has 0 aliphatic carbocycles. The number of benzene rings is 1. The average Bonchev–Trinajstić information content (AvgIpc) is 3.11. The molecular formula is C19H14ClN3O2S. The van der Waals surface area contributed by atoms with Crippen molar-refractivity contribution in [3.8, 4) is 0 Å². The molecule has 1 aliphatic rings. The second-order valence-corrected chi connectivity index (χ2v) is 7.54. The third-order valence-electron chi connectivity index (χ3n) is 4.24. The standard InChI is InChI=1S/C19H14ClN3O2S/c20-15-9-8-14(26-15)18(24)22-16-17(12-5-4-10-21-11-12)23(19(16)25)13-6-2-1-3-7-13/h1-11,16-17H,(H,22,24). The number of halogens is 1. The van der Waals surface area contributed by atoms with Crippen LogP contribution >= 0.6 is 22.9 Å². The highest BCUT2D eigenvalue weighted by Gasteiger charge is 2.49. The molecule has 3 heterocycles. The van der Waals surface area contributed by atoms with Crippen molar-refractivity contribution < 1.29 is 9.59 Å². The third kappa shape index (κ3) is 2.98. The van der Waals surface area contributed by atoms with Crippen molar-refractivity contribution in [3.05, 3.63) is 81.8 Å². The van der Waals surface area contributed by atoms with Gasteiger partial charge in [0.05, 0.1) is 15.3 Å². The van der Waals surface area contributed by atoms with E-state index in [1.807, 2.05) is 42.5 Å². The van der Waals surface area contributed by atoms with Crippen molar-refractivity contribution >= 4 is 40.4 Å². The molecule has 0 radical (unpaired) electrons. The van der Waals surface area contributed by atoms with Crippen molar-refractivity contribution in [2.45, 2.75) is 12.1 Å². The van der Waals surface area contributed by atoms with Crippen LogP contribution < -0.4 is 10.2 Å². The molecule has 0 bridgehead atoms. The van der Waals surface area contributed by atoms with E-state index in [1.165, 1.54) is 11.3 Å². The first-order valence-electron chi connectivity index (χ1n) is 7.99. The van der Waals surface area contributed by atoms with Gasteiger partial charge in [-0.1, -0.05) is 35.9 Å². The molecule has 3 aromatic rings. The summed E-state index contributed by atoms with van der Waals surface area (Å²) in [5.41, 5.74) is 1.65. The summed E-state index contributed by atoms with van der Waals surface area (Å²) < 4.78 is 0.532. The maximum absolute atomic E-state index is 12.8. The Morgan fingerprint density at radius 2 is 1.92 bits per heavy atom. The number of carbonyl (C=O) groups is 2. The summed E-state index contributed by atoms with van der Waals surface area (Å²) >= 11 is 7.08. The molecule has 5 nitrogen and oxygen atoms in total. The van der Waals surface area contributed by atoms with Crippen LogP contribution in [0.2, 0.25) is 4.34 Å². The molecule has 0 saturated carbocycles. The number of rotatable bonds is 4. The number of amides is 2. The zero-order valence-corrected chi connectivity index (χ0v) is 15.1. The number of para-hydroxylation sites is 1. The summed E-state index contributed by atoms with van der Waals surface area (Å²) in [5, 5.41) is 2.84. The minimum atomic E-state index is -0.646. The number of thiophene rings is 1. The Bertz CT molecular complexity index is 946. The lowest BCUT2D eigenvalue weighted by atomic mass is 9.88. The molecular weight excluding hydrogens is 370 g/mol. The predicted octanol–water partition coefficient (Wildman–Crippen LogP) is 3.68. The molecule has 7 heteroatoms. The lowest BCUT2D eigenvalue weighted by Gasteiger charge is -2.47. The molecule has 2 aromatic heterocycles. The van der Waals surface area contributed by atoms with Crippen molar-refractivity contribution in [1.82, 2.24) is 10.3 Å². The van der Waals surface area contributed by atoms with E-state index in [2.05, 4.69) is 10.3 Å². The van der Waals surface area contributed by atoms with E-state index in [-0.39, 0.29) is 17.9 Å². The fourth-order valence-electron chi connectivity index (χ4n) is 3.05. The molecule has 1 N–H and O–H groups in total. The normalized spacial score (nSPS) is 19.1. The molecule has 0 spiro atoms. The predicted molar refractivity (Wildman–Crippen MR) is 101 cm³/mol. The largest absolute Gasteiger partial charge is 0.337 e. The van der Waals surface area contributed by atoms with Gasteiger partial charge >= 0.3 is 0 Å². The quantitative estimate of drug-likeness (QED) is 0.699. The van der Waals surface area contributed by atoms with E-state index in [0.29, 0.717) is 9.21 Å². The summed E-state index contributed by atoms with van der Waals surface area (Å²) in [4.78, 5) is 31.6. The maximum Gasteiger partial charge on any atom is 0.262 e. The monoisotopic (exact) mass is 383 g/mol. The number of nitrogens with one attached hydrogen (secondary N) is 1. The van der Waals surface area contributed by atoms with E-state index in [1.54, 1.807) is 29.4 Å². The van der Waals surface area contributed by atoms with Crippen LogP contribution in [0.15, 0.2) is 67.0 Å². The molecule has 2 atom stereocenters. The Hall–Kier alpha value is -2.70. The highest BCUT2D eigenvalue weighted by Crippen LogP contribution is 2.39. The Kier molecular flexibility index (Phi) is 4.44. The molecule has 1 aliphatic heterocycles. The van der Waals surface area contributed by atoms with Crippen molar-refractivity contribution in [1.29, 1.82) is 0 Å². The Labute approximate surface area is 159 Å². The van der Waals surface area contributed by atoms with Gasteiger partial charge in [-0.25, -0.2) is 0 Å².